The van der Waals surface area contributed by atoms with Crippen LogP contribution in [0.1, 0.15) is 21.5 Å². The topological polar surface area (TPSA) is 90.1 Å². The normalized spacial score (nSPS) is 10.3. The summed E-state index contributed by atoms with van der Waals surface area (Å²) < 4.78 is 5.61. The third kappa shape index (κ3) is 4.32. The number of hydrogen-bond donors (Lipinski definition) is 2. The Labute approximate surface area is 145 Å². The smallest absolute Gasteiger partial charge is 0.249 e. The van der Waals surface area contributed by atoms with Crippen LogP contribution in [-0.2, 0) is 6.54 Å². The zero-order valence-corrected chi connectivity index (χ0v) is 13.8. The molecule has 0 aliphatic rings. The zero-order chi connectivity index (χ0) is 17.6. The Kier molecular flexibility index (Phi) is 4.89. The fraction of sp³-hybridized carbons (Fsp3) is 0.105. The molecule has 1 heterocycles. The molecule has 1 amide bonds. The standard InChI is InChI=1S/C19H18N4O2/c1-13-2-5-15(10-17(13)19(20)24)23-11-14-3-6-16(7-4-14)25-18-12-21-8-9-22-18/h2-10,12,23H,11H2,1H3,(H2,20,24). The number of nitrogens with zero attached hydrogens (tertiary/aromatic N) is 2. The van der Waals surface area contributed by atoms with Gasteiger partial charge in [0.2, 0.25) is 11.8 Å². The van der Waals surface area contributed by atoms with E-state index in [1.807, 2.05) is 43.3 Å². The van der Waals surface area contributed by atoms with E-state index in [2.05, 4.69) is 15.3 Å². The van der Waals surface area contributed by atoms with Gasteiger partial charge in [0.15, 0.2) is 0 Å². The fourth-order valence-electron chi connectivity index (χ4n) is 2.34. The van der Waals surface area contributed by atoms with Crippen molar-refractivity contribution in [3.05, 3.63) is 77.7 Å². The van der Waals surface area contributed by atoms with E-state index in [9.17, 15) is 4.79 Å². The molecule has 25 heavy (non-hydrogen) atoms. The minimum absolute atomic E-state index is 0.424. The molecule has 0 saturated heterocycles. The summed E-state index contributed by atoms with van der Waals surface area (Å²) in [5, 5.41) is 3.28. The number of carbonyl (C=O) groups excluding carboxylic acids is 1. The first kappa shape index (κ1) is 16.4. The predicted molar refractivity (Wildman–Crippen MR) is 95.6 cm³/mol. The number of hydrogen-bond acceptors (Lipinski definition) is 5. The minimum Gasteiger partial charge on any atom is -0.438 e. The summed E-state index contributed by atoms with van der Waals surface area (Å²) in [7, 11) is 0. The Balaban J connectivity index is 1.62. The van der Waals surface area contributed by atoms with Crippen molar-refractivity contribution in [2.75, 3.05) is 5.32 Å². The molecule has 0 unspecified atom stereocenters. The van der Waals surface area contributed by atoms with Crippen LogP contribution in [0.15, 0.2) is 61.1 Å². The second kappa shape index (κ2) is 7.44. The van der Waals surface area contributed by atoms with Crippen LogP contribution in [0.2, 0.25) is 0 Å². The van der Waals surface area contributed by atoms with Gasteiger partial charge < -0.3 is 15.8 Å². The van der Waals surface area contributed by atoms with Crippen LogP contribution in [-0.4, -0.2) is 15.9 Å². The Hall–Kier alpha value is -3.41. The van der Waals surface area contributed by atoms with Crippen LogP contribution in [0.4, 0.5) is 5.69 Å². The molecule has 126 valence electrons. The quantitative estimate of drug-likeness (QED) is 0.722. The van der Waals surface area contributed by atoms with Crippen LogP contribution >= 0.6 is 0 Å². The van der Waals surface area contributed by atoms with Crippen molar-refractivity contribution in [1.29, 1.82) is 0 Å². The molecule has 0 aliphatic heterocycles. The zero-order valence-electron chi connectivity index (χ0n) is 13.8. The van der Waals surface area contributed by atoms with E-state index in [-0.39, 0.29) is 0 Å². The molecule has 6 nitrogen and oxygen atoms in total. The van der Waals surface area contributed by atoms with Crippen molar-refractivity contribution in [1.82, 2.24) is 9.97 Å². The minimum atomic E-state index is -0.424. The highest BCUT2D eigenvalue weighted by Gasteiger charge is 2.06. The second-order valence-electron chi connectivity index (χ2n) is 5.54. The maximum absolute atomic E-state index is 11.4. The molecule has 1 aromatic heterocycles. The molecule has 0 atom stereocenters. The summed E-state index contributed by atoms with van der Waals surface area (Å²) >= 11 is 0. The number of carbonyl (C=O) groups is 1. The first-order valence-corrected chi connectivity index (χ1v) is 7.79. The van der Waals surface area contributed by atoms with Crippen molar-refractivity contribution >= 4 is 11.6 Å². The number of aryl methyl sites for hydroxylation is 1. The third-order valence-electron chi connectivity index (χ3n) is 3.68. The van der Waals surface area contributed by atoms with E-state index in [4.69, 9.17) is 10.5 Å². The van der Waals surface area contributed by atoms with Gasteiger partial charge >= 0.3 is 0 Å². The first-order valence-electron chi connectivity index (χ1n) is 7.79. The van der Waals surface area contributed by atoms with Gasteiger partial charge in [0.1, 0.15) is 5.75 Å². The van der Waals surface area contributed by atoms with Gasteiger partial charge in [-0.2, -0.15) is 0 Å². The molecule has 0 spiro atoms. The number of nitrogens with two attached hydrogens (primary N) is 1. The van der Waals surface area contributed by atoms with Crippen LogP contribution < -0.4 is 15.8 Å². The van der Waals surface area contributed by atoms with Gasteiger partial charge in [-0.1, -0.05) is 18.2 Å². The Morgan fingerprint density at radius 1 is 1.16 bits per heavy atom. The predicted octanol–water partition coefficient (Wildman–Crippen LogP) is 3.29. The molecule has 0 radical (unpaired) electrons. The molecule has 0 fully saturated rings. The van der Waals surface area contributed by atoms with Gasteiger partial charge in [-0.3, -0.25) is 9.78 Å². The molecule has 0 bridgehead atoms. The van der Waals surface area contributed by atoms with Crippen molar-refractivity contribution in [2.24, 2.45) is 5.73 Å². The van der Waals surface area contributed by atoms with Crippen LogP contribution in [0.3, 0.4) is 0 Å². The lowest BCUT2D eigenvalue weighted by atomic mass is 10.1. The molecule has 2 aromatic carbocycles. The molecular weight excluding hydrogens is 316 g/mol. The van der Waals surface area contributed by atoms with E-state index in [1.165, 1.54) is 0 Å². The largest absolute Gasteiger partial charge is 0.438 e. The number of primary amides is 1. The second-order valence-corrected chi connectivity index (χ2v) is 5.54. The van der Waals surface area contributed by atoms with E-state index in [0.29, 0.717) is 23.7 Å². The summed E-state index contributed by atoms with van der Waals surface area (Å²) in [5.74, 6) is 0.717. The summed E-state index contributed by atoms with van der Waals surface area (Å²) in [6.07, 6.45) is 4.73. The summed E-state index contributed by atoms with van der Waals surface area (Å²) in [5.41, 5.74) is 8.69. The van der Waals surface area contributed by atoms with Crippen molar-refractivity contribution < 1.29 is 9.53 Å². The van der Waals surface area contributed by atoms with Gasteiger partial charge in [0.25, 0.3) is 0 Å². The summed E-state index contributed by atoms with van der Waals surface area (Å²) in [6, 6.07) is 13.2. The van der Waals surface area contributed by atoms with Gasteiger partial charge in [-0.15, -0.1) is 0 Å². The van der Waals surface area contributed by atoms with Crippen LogP contribution in [0.25, 0.3) is 0 Å². The van der Waals surface area contributed by atoms with E-state index >= 15 is 0 Å². The highest BCUT2D eigenvalue weighted by atomic mass is 16.5. The van der Waals surface area contributed by atoms with Gasteiger partial charge in [0.05, 0.1) is 6.20 Å². The SMILES string of the molecule is Cc1ccc(NCc2ccc(Oc3cnccn3)cc2)cc1C(N)=O. The number of rotatable bonds is 6. The molecular formula is C19H18N4O2. The van der Waals surface area contributed by atoms with Gasteiger partial charge in [-0.25, -0.2) is 4.98 Å². The molecule has 0 saturated carbocycles. The lowest BCUT2D eigenvalue weighted by Crippen LogP contribution is -2.13. The Bertz CT molecular complexity index is 864. The van der Waals surface area contributed by atoms with Crippen molar-refractivity contribution in [3.63, 3.8) is 0 Å². The molecule has 0 aliphatic carbocycles. The monoisotopic (exact) mass is 334 g/mol. The Morgan fingerprint density at radius 3 is 2.64 bits per heavy atom. The average molecular weight is 334 g/mol. The van der Waals surface area contributed by atoms with Crippen LogP contribution in [0.5, 0.6) is 11.6 Å². The molecule has 3 aromatic rings. The van der Waals surface area contributed by atoms with Crippen molar-refractivity contribution in [3.8, 4) is 11.6 Å². The lowest BCUT2D eigenvalue weighted by molar-refractivity contribution is 0.0999. The molecule has 3 N–H and O–H groups in total. The maximum atomic E-state index is 11.4. The van der Waals surface area contributed by atoms with E-state index in [0.717, 1.165) is 16.8 Å². The number of nitrogens with one attached hydrogen (secondary N) is 1. The summed E-state index contributed by atoms with van der Waals surface area (Å²) in [6.45, 7) is 2.48. The lowest BCUT2D eigenvalue weighted by Gasteiger charge is -2.10. The Morgan fingerprint density at radius 2 is 1.96 bits per heavy atom. The maximum Gasteiger partial charge on any atom is 0.249 e. The average Bonchev–Trinajstić information content (AvgIpc) is 2.63. The van der Waals surface area contributed by atoms with Crippen molar-refractivity contribution in [2.45, 2.75) is 13.5 Å². The van der Waals surface area contributed by atoms with E-state index in [1.54, 1.807) is 24.7 Å². The fourth-order valence-corrected chi connectivity index (χ4v) is 2.34. The number of ether oxygens (including phenoxy) is 1. The third-order valence-corrected chi connectivity index (χ3v) is 3.68. The first-order chi connectivity index (χ1) is 12.1. The number of anilines is 1. The molecule has 3 rings (SSSR count). The number of benzene rings is 2. The highest BCUT2D eigenvalue weighted by Crippen LogP contribution is 2.20. The number of aromatic nitrogens is 2. The van der Waals surface area contributed by atoms with Gasteiger partial charge in [0, 0.05) is 30.2 Å². The van der Waals surface area contributed by atoms with Crippen LogP contribution in [0, 0.1) is 6.92 Å². The molecule has 6 heteroatoms. The van der Waals surface area contributed by atoms with E-state index < -0.39 is 5.91 Å². The number of amides is 1. The highest BCUT2D eigenvalue weighted by molar-refractivity contribution is 5.95. The van der Waals surface area contributed by atoms with Gasteiger partial charge in [-0.05, 0) is 42.3 Å². The summed E-state index contributed by atoms with van der Waals surface area (Å²) in [4.78, 5) is 19.4.